The summed E-state index contributed by atoms with van der Waals surface area (Å²) in [6.45, 7) is 3.32. The molecule has 1 aromatic heterocycles. The molecule has 138 valence electrons. The minimum atomic E-state index is -3.29. The van der Waals surface area contributed by atoms with Crippen LogP contribution < -0.4 is 4.74 Å². The van der Waals surface area contributed by atoms with E-state index in [0.29, 0.717) is 28.5 Å². The number of hydrogen-bond acceptors (Lipinski definition) is 6. The predicted molar refractivity (Wildman–Crippen MR) is 95.7 cm³/mol. The highest BCUT2D eigenvalue weighted by molar-refractivity contribution is 7.89. The van der Waals surface area contributed by atoms with Crippen molar-refractivity contribution in [1.29, 1.82) is 5.26 Å². The molecule has 8 heteroatoms. The molecule has 0 aliphatic heterocycles. The van der Waals surface area contributed by atoms with E-state index in [1.54, 1.807) is 12.1 Å². The smallest absolute Gasteiger partial charge is 0.174 e. The Balaban J connectivity index is 2.06. The summed E-state index contributed by atoms with van der Waals surface area (Å²) in [7, 11) is -3.29. The predicted octanol–water partition coefficient (Wildman–Crippen LogP) is 2.54. The van der Waals surface area contributed by atoms with Crippen molar-refractivity contribution >= 4 is 9.84 Å². The van der Waals surface area contributed by atoms with Crippen molar-refractivity contribution in [3.05, 3.63) is 40.2 Å². The molecule has 3 rings (SSSR count). The van der Waals surface area contributed by atoms with Gasteiger partial charge in [-0.1, -0.05) is 0 Å². The fraction of sp³-hybridized carbons (Fsp3) is 0.444. The number of nitrogens with zero attached hydrogens (tertiary/aromatic N) is 3. The third-order valence-electron chi connectivity index (χ3n) is 4.32. The first kappa shape index (κ1) is 18.4. The Morgan fingerprint density at radius 3 is 2.42 bits per heavy atom. The van der Waals surface area contributed by atoms with Crippen molar-refractivity contribution in [2.24, 2.45) is 0 Å². The van der Waals surface area contributed by atoms with E-state index in [4.69, 9.17) is 4.74 Å². The van der Waals surface area contributed by atoms with Crippen LogP contribution in [0.5, 0.6) is 11.5 Å². The van der Waals surface area contributed by atoms with Gasteiger partial charge in [0.15, 0.2) is 15.6 Å². The first-order valence-corrected chi connectivity index (χ1v) is 10.4. The van der Waals surface area contributed by atoms with E-state index in [2.05, 4.69) is 11.2 Å². The lowest BCUT2D eigenvalue weighted by molar-refractivity contribution is 0.270. The molecular formula is C18H21N3O4S. The van der Waals surface area contributed by atoms with E-state index in [9.17, 15) is 18.8 Å². The standard InChI is InChI=1S/C18H21N3O4S/c1-11-6-14(7-12(2)15(11)8-19)25-18-16(9-22)20-21(10-26(3,23)24)17(18)13-4-5-13/h6-7,13,22H,4-5,9-10H2,1-3H3. The summed E-state index contributed by atoms with van der Waals surface area (Å²) >= 11 is 0. The summed E-state index contributed by atoms with van der Waals surface area (Å²) < 4.78 is 30.9. The zero-order chi connectivity index (χ0) is 19.1. The van der Waals surface area contributed by atoms with E-state index >= 15 is 0 Å². The molecule has 1 aliphatic rings. The van der Waals surface area contributed by atoms with Gasteiger partial charge in [-0.3, -0.25) is 0 Å². The quantitative estimate of drug-likeness (QED) is 0.832. The largest absolute Gasteiger partial charge is 0.453 e. The summed E-state index contributed by atoms with van der Waals surface area (Å²) in [6.07, 6.45) is 3.02. The van der Waals surface area contributed by atoms with Gasteiger partial charge in [0, 0.05) is 12.2 Å². The molecule has 0 bridgehead atoms. The highest BCUT2D eigenvalue weighted by Gasteiger charge is 2.34. The van der Waals surface area contributed by atoms with Gasteiger partial charge in [0.2, 0.25) is 0 Å². The van der Waals surface area contributed by atoms with Crippen LogP contribution in [-0.4, -0.2) is 29.6 Å². The minimum Gasteiger partial charge on any atom is -0.453 e. The maximum absolute atomic E-state index is 11.7. The third-order valence-corrected chi connectivity index (χ3v) is 5.04. The number of aromatic nitrogens is 2. The molecule has 1 fully saturated rings. The van der Waals surface area contributed by atoms with Gasteiger partial charge in [-0.2, -0.15) is 10.4 Å². The molecular weight excluding hydrogens is 354 g/mol. The van der Waals surface area contributed by atoms with Gasteiger partial charge in [0.1, 0.15) is 17.3 Å². The fourth-order valence-corrected chi connectivity index (χ4v) is 3.72. The van der Waals surface area contributed by atoms with E-state index in [0.717, 1.165) is 30.2 Å². The Bertz CT molecular complexity index is 975. The van der Waals surface area contributed by atoms with Crippen LogP contribution in [-0.2, 0) is 22.3 Å². The van der Waals surface area contributed by atoms with Crippen LogP contribution in [0.1, 0.15) is 46.8 Å². The van der Waals surface area contributed by atoms with E-state index in [-0.39, 0.29) is 18.4 Å². The van der Waals surface area contributed by atoms with Gasteiger partial charge >= 0.3 is 0 Å². The number of hydrogen-bond donors (Lipinski definition) is 1. The van der Waals surface area contributed by atoms with Crippen molar-refractivity contribution in [2.75, 3.05) is 6.26 Å². The van der Waals surface area contributed by atoms with Gasteiger partial charge in [-0.15, -0.1) is 0 Å². The zero-order valence-corrected chi connectivity index (χ0v) is 15.8. The van der Waals surface area contributed by atoms with Gasteiger partial charge in [-0.25, -0.2) is 13.1 Å². The van der Waals surface area contributed by atoms with Crippen molar-refractivity contribution in [3.8, 4) is 17.6 Å². The first-order chi connectivity index (χ1) is 12.2. The summed E-state index contributed by atoms with van der Waals surface area (Å²) in [5.41, 5.74) is 3.22. The average molecular weight is 375 g/mol. The number of sulfone groups is 1. The highest BCUT2D eigenvalue weighted by Crippen LogP contribution is 2.47. The van der Waals surface area contributed by atoms with E-state index in [1.807, 2.05) is 13.8 Å². The second-order valence-electron chi connectivity index (χ2n) is 6.79. The third kappa shape index (κ3) is 3.74. The van der Waals surface area contributed by atoms with Crippen LogP contribution in [0.15, 0.2) is 12.1 Å². The number of benzene rings is 1. The number of aryl methyl sites for hydroxylation is 2. The van der Waals surface area contributed by atoms with Gasteiger partial charge in [0.05, 0.1) is 23.9 Å². The van der Waals surface area contributed by atoms with Gasteiger partial charge < -0.3 is 9.84 Å². The molecule has 0 spiro atoms. The summed E-state index contributed by atoms with van der Waals surface area (Å²) in [4.78, 5) is 0. The molecule has 1 heterocycles. The maximum atomic E-state index is 11.7. The SMILES string of the molecule is Cc1cc(Oc2c(CO)nn(CS(C)(=O)=O)c2C2CC2)cc(C)c1C#N. The van der Waals surface area contributed by atoms with Crippen LogP contribution in [0.3, 0.4) is 0 Å². The minimum absolute atomic E-state index is 0.181. The zero-order valence-electron chi connectivity index (χ0n) is 15.0. The number of ether oxygens (including phenoxy) is 1. The van der Waals surface area contributed by atoms with E-state index in [1.165, 1.54) is 4.68 Å². The molecule has 2 aromatic rings. The van der Waals surface area contributed by atoms with Crippen LogP contribution in [0.4, 0.5) is 0 Å². The summed E-state index contributed by atoms with van der Waals surface area (Å²) in [6, 6.07) is 5.69. The molecule has 0 atom stereocenters. The van der Waals surface area contributed by atoms with Crippen molar-refractivity contribution in [2.45, 2.75) is 45.1 Å². The Hall–Kier alpha value is -2.37. The highest BCUT2D eigenvalue weighted by atomic mass is 32.2. The second-order valence-corrected chi connectivity index (χ2v) is 8.90. The Morgan fingerprint density at radius 1 is 1.35 bits per heavy atom. The van der Waals surface area contributed by atoms with Gasteiger partial charge in [0.25, 0.3) is 0 Å². The second kappa shape index (κ2) is 6.74. The average Bonchev–Trinajstić information content (AvgIpc) is 3.30. The lowest BCUT2D eigenvalue weighted by atomic mass is 10.0. The molecule has 7 nitrogen and oxygen atoms in total. The Labute approximate surface area is 152 Å². The fourth-order valence-electron chi connectivity index (χ4n) is 3.08. The molecule has 1 aromatic carbocycles. The molecule has 1 saturated carbocycles. The van der Waals surface area contributed by atoms with E-state index < -0.39 is 9.84 Å². The van der Waals surface area contributed by atoms with Crippen molar-refractivity contribution in [1.82, 2.24) is 9.78 Å². The molecule has 0 unspecified atom stereocenters. The maximum Gasteiger partial charge on any atom is 0.174 e. The monoisotopic (exact) mass is 375 g/mol. The lowest BCUT2D eigenvalue weighted by Crippen LogP contribution is -2.13. The van der Waals surface area contributed by atoms with Crippen LogP contribution >= 0.6 is 0 Å². The molecule has 1 aliphatic carbocycles. The number of aliphatic hydroxyl groups is 1. The Kier molecular flexibility index (Phi) is 4.78. The molecule has 1 N–H and O–H groups in total. The lowest BCUT2D eigenvalue weighted by Gasteiger charge is -2.12. The van der Waals surface area contributed by atoms with Crippen molar-refractivity contribution < 1.29 is 18.3 Å². The van der Waals surface area contributed by atoms with Crippen LogP contribution in [0, 0.1) is 25.2 Å². The molecule has 0 amide bonds. The summed E-state index contributed by atoms with van der Waals surface area (Å²) in [5.74, 6) is 0.887. The molecule has 0 saturated heterocycles. The molecule has 0 radical (unpaired) electrons. The first-order valence-electron chi connectivity index (χ1n) is 8.31. The summed E-state index contributed by atoms with van der Waals surface area (Å²) in [5, 5.41) is 23.1. The molecule has 26 heavy (non-hydrogen) atoms. The van der Waals surface area contributed by atoms with Crippen LogP contribution in [0.25, 0.3) is 0 Å². The number of nitriles is 1. The number of rotatable bonds is 6. The van der Waals surface area contributed by atoms with Crippen molar-refractivity contribution in [3.63, 3.8) is 0 Å². The van der Waals surface area contributed by atoms with Crippen LogP contribution in [0.2, 0.25) is 0 Å². The van der Waals surface area contributed by atoms with Gasteiger partial charge in [-0.05, 0) is 49.9 Å². The number of aliphatic hydroxyl groups excluding tert-OH is 1. The normalized spacial score (nSPS) is 14.3. The Morgan fingerprint density at radius 2 is 1.96 bits per heavy atom. The topological polar surface area (TPSA) is 105 Å².